The topological polar surface area (TPSA) is 50.3 Å². The van der Waals surface area contributed by atoms with E-state index in [9.17, 15) is 0 Å². The molecule has 2 aromatic rings. The molecule has 2 fully saturated rings. The number of rotatable bonds is 5. The Morgan fingerprint density at radius 3 is 2.85 bits per heavy atom. The molecule has 1 saturated heterocycles. The van der Waals surface area contributed by atoms with Crippen LogP contribution in [-0.4, -0.2) is 47.7 Å². The van der Waals surface area contributed by atoms with Gasteiger partial charge >= 0.3 is 0 Å². The summed E-state index contributed by atoms with van der Waals surface area (Å²) in [4.78, 5) is 15.1. The van der Waals surface area contributed by atoms with Crippen molar-refractivity contribution in [2.24, 2.45) is 11.8 Å². The molecule has 0 radical (unpaired) electrons. The summed E-state index contributed by atoms with van der Waals surface area (Å²) < 4.78 is 5.48. The minimum absolute atomic E-state index is 0.791. The van der Waals surface area contributed by atoms with Gasteiger partial charge in [0.2, 0.25) is 0 Å². The van der Waals surface area contributed by atoms with E-state index in [4.69, 9.17) is 14.7 Å². The van der Waals surface area contributed by atoms with Crippen LogP contribution >= 0.6 is 11.3 Å². The summed E-state index contributed by atoms with van der Waals surface area (Å²) in [5.41, 5.74) is 1.53. The predicted octanol–water partition coefficient (Wildman–Crippen LogP) is 3.47. The van der Waals surface area contributed by atoms with Crippen molar-refractivity contribution in [2.45, 2.75) is 45.6 Å². The molecule has 0 bridgehead atoms. The monoisotopic (exact) mass is 372 g/mol. The van der Waals surface area contributed by atoms with Crippen molar-refractivity contribution in [2.75, 3.05) is 38.2 Å². The van der Waals surface area contributed by atoms with Gasteiger partial charge in [0.15, 0.2) is 0 Å². The quantitative estimate of drug-likeness (QED) is 0.871. The molecule has 26 heavy (non-hydrogen) atoms. The number of aromatic nitrogens is 2. The predicted molar refractivity (Wildman–Crippen MR) is 106 cm³/mol. The molecule has 1 atom stereocenters. The molecule has 140 valence electrons. The molecule has 0 amide bonds. The number of aryl methyl sites for hydroxylation is 1. The van der Waals surface area contributed by atoms with Gasteiger partial charge in [0.1, 0.15) is 16.5 Å². The van der Waals surface area contributed by atoms with E-state index >= 15 is 0 Å². The third-order valence-corrected chi connectivity index (χ3v) is 7.07. The minimum Gasteiger partial charge on any atom is -0.379 e. The van der Waals surface area contributed by atoms with Crippen molar-refractivity contribution in [3.8, 4) is 0 Å². The summed E-state index contributed by atoms with van der Waals surface area (Å²) >= 11 is 1.91. The maximum absolute atomic E-state index is 5.48. The smallest absolute Gasteiger partial charge is 0.146 e. The van der Waals surface area contributed by atoms with Gasteiger partial charge < -0.3 is 10.1 Å². The van der Waals surface area contributed by atoms with Crippen LogP contribution in [0, 0.1) is 11.8 Å². The van der Waals surface area contributed by atoms with Crippen LogP contribution in [0.15, 0.2) is 0 Å². The van der Waals surface area contributed by atoms with Crippen LogP contribution in [-0.2, 0) is 24.1 Å². The van der Waals surface area contributed by atoms with Gasteiger partial charge in [-0.25, -0.2) is 9.97 Å². The van der Waals surface area contributed by atoms with E-state index in [1.807, 2.05) is 11.3 Å². The van der Waals surface area contributed by atoms with E-state index in [1.165, 1.54) is 47.9 Å². The zero-order chi connectivity index (χ0) is 17.5. The van der Waals surface area contributed by atoms with Gasteiger partial charge in [-0.1, -0.05) is 6.92 Å². The van der Waals surface area contributed by atoms with Crippen molar-refractivity contribution >= 4 is 27.4 Å². The van der Waals surface area contributed by atoms with Crippen molar-refractivity contribution < 1.29 is 4.74 Å². The van der Waals surface area contributed by atoms with Crippen LogP contribution in [0.2, 0.25) is 0 Å². The average molecular weight is 373 g/mol. The van der Waals surface area contributed by atoms with E-state index in [0.29, 0.717) is 0 Å². The summed E-state index contributed by atoms with van der Waals surface area (Å²) in [5, 5.41) is 5.01. The van der Waals surface area contributed by atoms with E-state index in [0.717, 1.165) is 62.9 Å². The van der Waals surface area contributed by atoms with E-state index < -0.39 is 0 Å². The van der Waals surface area contributed by atoms with Crippen LogP contribution in [0.25, 0.3) is 10.2 Å². The lowest BCUT2D eigenvalue weighted by molar-refractivity contribution is 0.0331. The highest BCUT2D eigenvalue weighted by Crippen LogP contribution is 2.40. The van der Waals surface area contributed by atoms with Gasteiger partial charge in [0.05, 0.1) is 25.1 Å². The average Bonchev–Trinajstić information content (AvgIpc) is 3.40. The van der Waals surface area contributed by atoms with Crippen molar-refractivity contribution in [1.29, 1.82) is 0 Å². The van der Waals surface area contributed by atoms with Gasteiger partial charge in [-0.05, 0) is 49.5 Å². The molecule has 0 spiro atoms. The van der Waals surface area contributed by atoms with Gasteiger partial charge in [-0.3, -0.25) is 4.90 Å². The molecule has 2 aromatic heterocycles. The molecule has 1 aliphatic heterocycles. The molecule has 0 aromatic carbocycles. The first-order valence-electron chi connectivity index (χ1n) is 10.1. The second kappa shape index (κ2) is 7.06. The Hall–Kier alpha value is -1.24. The minimum atomic E-state index is 0.791. The summed E-state index contributed by atoms with van der Waals surface area (Å²) in [6.45, 7) is 7.85. The fourth-order valence-electron chi connectivity index (χ4n) is 4.11. The third kappa shape index (κ3) is 3.47. The highest BCUT2D eigenvalue weighted by atomic mass is 32.1. The number of thiophene rings is 1. The number of hydrogen-bond acceptors (Lipinski definition) is 6. The molecule has 2 aliphatic carbocycles. The van der Waals surface area contributed by atoms with Crippen LogP contribution in [0.5, 0.6) is 0 Å². The van der Waals surface area contributed by atoms with E-state index in [2.05, 4.69) is 17.1 Å². The molecule has 1 saturated carbocycles. The lowest BCUT2D eigenvalue weighted by Crippen LogP contribution is -2.36. The molecule has 6 heteroatoms. The summed E-state index contributed by atoms with van der Waals surface area (Å²) in [6, 6.07) is 0. The number of nitrogens with one attached hydrogen (secondary N) is 1. The lowest BCUT2D eigenvalue weighted by atomic mass is 9.89. The maximum Gasteiger partial charge on any atom is 0.146 e. The molecule has 5 nitrogen and oxygen atoms in total. The Balaban J connectivity index is 1.49. The molecule has 1 N–H and O–H groups in total. The van der Waals surface area contributed by atoms with Crippen molar-refractivity contribution in [1.82, 2.24) is 14.9 Å². The fourth-order valence-corrected chi connectivity index (χ4v) is 5.51. The maximum atomic E-state index is 5.48. The second-order valence-corrected chi connectivity index (χ2v) is 9.32. The van der Waals surface area contributed by atoms with Crippen LogP contribution in [0.3, 0.4) is 0 Å². The summed E-state index contributed by atoms with van der Waals surface area (Å²) in [6.07, 6.45) is 6.40. The second-order valence-electron chi connectivity index (χ2n) is 8.23. The molecule has 5 rings (SSSR count). The number of hydrogen-bond donors (Lipinski definition) is 1. The van der Waals surface area contributed by atoms with Gasteiger partial charge in [0, 0.05) is 24.5 Å². The highest BCUT2D eigenvalue weighted by molar-refractivity contribution is 7.19. The zero-order valence-electron chi connectivity index (χ0n) is 15.6. The fraction of sp³-hybridized carbons (Fsp3) is 0.700. The number of morpholine rings is 1. The third-order valence-electron chi connectivity index (χ3n) is 5.93. The Labute approximate surface area is 159 Å². The number of ether oxygens (including phenoxy) is 1. The number of anilines is 1. The standard InChI is InChI=1S/C20H28N4OS/c1-13-2-5-15-16(10-13)26-20-18(15)19(21-11-14-3-4-14)22-17(23-20)12-24-6-8-25-9-7-24/h13-14H,2-12H2,1H3,(H,21,22,23)/t13-/m1/s1. The first-order chi connectivity index (χ1) is 12.8. The first-order valence-corrected chi connectivity index (χ1v) is 10.9. The summed E-state index contributed by atoms with van der Waals surface area (Å²) in [7, 11) is 0. The number of fused-ring (bicyclic) bond motifs is 3. The van der Waals surface area contributed by atoms with Gasteiger partial charge in [-0.15, -0.1) is 11.3 Å². The number of nitrogens with zero attached hydrogens (tertiary/aromatic N) is 3. The van der Waals surface area contributed by atoms with Crippen LogP contribution in [0.4, 0.5) is 5.82 Å². The zero-order valence-corrected chi connectivity index (χ0v) is 16.4. The van der Waals surface area contributed by atoms with Crippen molar-refractivity contribution in [3.63, 3.8) is 0 Å². The van der Waals surface area contributed by atoms with E-state index in [1.54, 1.807) is 4.88 Å². The molecular formula is C20H28N4OS. The van der Waals surface area contributed by atoms with Crippen LogP contribution < -0.4 is 5.32 Å². The molecular weight excluding hydrogens is 344 g/mol. The summed E-state index contributed by atoms with van der Waals surface area (Å²) in [5.74, 6) is 3.69. The molecule has 3 aliphatic rings. The Morgan fingerprint density at radius 2 is 2.04 bits per heavy atom. The Morgan fingerprint density at radius 1 is 1.19 bits per heavy atom. The lowest BCUT2D eigenvalue weighted by Gasteiger charge is -2.26. The Kier molecular flexibility index (Phi) is 4.59. The first kappa shape index (κ1) is 16.9. The normalized spacial score (nSPS) is 24.0. The molecule has 0 unspecified atom stereocenters. The van der Waals surface area contributed by atoms with Gasteiger partial charge in [-0.2, -0.15) is 0 Å². The largest absolute Gasteiger partial charge is 0.379 e. The van der Waals surface area contributed by atoms with Gasteiger partial charge in [0.25, 0.3) is 0 Å². The van der Waals surface area contributed by atoms with Crippen LogP contribution in [0.1, 0.15) is 42.5 Å². The van der Waals surface area contributed by atoms with E-state index in [-0.39, 0.29) is 0 Å². The SMILES string of the molecule is C[C@@H]1CCc2c(sc3nc(CN4CCOCC4)nc(NCC4CC4)c23)C1. The highest BCUT2D eigenvalue weighted by Gasteiger charge is 2.26. The van der Waals surface area contributed by atoms with Crippen molar-refractivity contribution in [3.05, 3.63) is 16.3 Å². The molecule has 3 heterocycles. The Bertz CT molecular complexity index is 795.